The highest BCUT2D eigenvalue weighted by Crippen LogP contribution is 2.32. The molecule has 1 N–H and O–H groups in total. The van der Waals surface area contributed by atoms with Crippen molar-refractivity contribution >= 4 is 28.4 Å². The van der Waals surface area contributed by atoms with E-state index in [9.17, 15) is 4.79 Å². The molecule has 2 heterocycles. The summed E-state index contributed by atoms with van der Waals surface area (Å²) in [5.74, 6) is 0.0134. The van der Waals surface area contributed by atoms with Gasteiger partial charge in [0.1, 0.15) is 0 Å². The maximum Gasteiger partial charge on any atom is 0.309 e. The standard InChI is InChI=1S/C28H27N3O3/c1-2-8-20(19-9-4-3-5-10-19)15-26-29-30-27(34-26)25-14-13-21(23-11-6-7-12-24(23)25)16-31-17-22(18-31)28(32)33/h3-7,9-15,22H,2,8,16-18H2,1H3,(H,32,33)/b20-15+. The Morgan fingerprint density at radius 1 is 1.03 bits per heavy atom. The van der Waals surface area contributed by atoms with Crippen molar-refractivity contribution in [3.63, 3.8) is 0 Å². The summed E-state index contributed by atoms with van der Waals surface area (Å²) >= 11 is 0. The van der Waals surface area contributed by atoms with Crippen molar-refractivity contribution in [2.75, 3.05) is 13.1 Å². The quantitative estimate of drug-likeness (QED) is 0.366. The van der Waals surface area contributed by atoms with E-state index in [0.29, 0.717) is 24.9 Å². The number of hydrogen-bond acceptors (Lipinski definition) is 5. The lowest BCUT2D eigenvalue weighted by Gasteiger charge is -2.36. The summed E-state index contributed by atoms with van der Waals surface area (Å²) in [5, 5.41) is 20.0. The Morgan fingerprint density at radius 3 is 2.50 bits per heavy atom. The fourth-order valence-electron chi connectivity index (χ4n) is 4.55. The predicted octanol–water partition coefficient (Wildman–Crippen LogP) is 5.75. The normalized spacial score (nSPS) is 14.9. The molecule has 1 saturated heterocycles. The topological polar surface area (TPSA) is 79.5 Å². The van der Waals surface area contributed by atoms with Crippen molar-refractivity contribution in [1.82, 2.24) is 15.1 Å². The number of carboxylic acid groups (broad SMARTS) is 1. The van der Waals surface area contributed by atoms with Crippen LogP contribution in [0.2, 0.25) is 0 Å². The Bertz CT molecular complexity index is 1340. The first-order chi connectivity index (χ1) is 16.6. The zero-order chi connectivity index (χ0) is 23.5. The molecule has 1 aliphatic heterocycles. The first-order valence-corrected chi connectivity index (χ1v) is 11.7. The van der Waals surface area contributed by atoms with E-state index in [1.807, 2.05) is 42.5 Å². The van der Waals surface area contributed by atoms with Crippen LogP contribution in [0.3, 0.4) is 0 Å². The van der Waals surface area contributed by atoms with Gasteiger partial charge in [-0.1, -0.05) is 74.0 Å². The fraction of sp³-hybridized carbons (Fsp3) is 0.250. The van der Waals surface area contributed by atoms with Crippen LogP contribution in [0.4, 0.5) is 0 Å². The molecule has 0 spiro atoms. The number of likely N-dealkylation sites (tertiary alicyclic amines) is 1. The zero-order valence-corrected chi connectivity index (χ0v) is 19.1. The smallest absolute Gasteiger partial charge is 0.309 e. The first kappa shape index (κ1) is 22.0. The number of aliphatic carboxylic acids is 1. The van der Waals surface area contributed by atoms with E-state index in [1.165, 1.54) is 5.57 Å². The molecule has 1 fully saturated rings. The molecule has 0 bridgehead atoms. The summed E-state index contributed by atoms with van der Waals surface area (Å²) < 4.78 is 6.10. The SMILES string of the molecule is CCC/C(=C\c1nnc(-c2ccc(CN3CC(C(=O)O)C3)c3ccccc23)o1)c1ccccc1. The molecule has 6 heteroatoms. The lowest BCUT2D eigenvalue weighted by Crippen LogP contribution is -2.49. The summed E-state index contributed by atoms with van der Waals surface area (Å²) in [6.07, 6.45) is 3.94. The molecule has 0 unspecified atom stereocenters. The highest BCUT2D eigenvalue weighted by molar-refractivity contribution is 5.97. The van der Waals surface area contributed by atoms with Crippen LogP contribution in [0.25, 0.3) is 33.9 Å². The van der Waals surface area contributed by atoms with E-state index in [-0.39, 0.29) is 5.92 Å². The fourth-order valence-corrected chi connectivity index (χ4v) is 4.55. The Balaban J connectivity index is 1.44. The molecule has 34 heavy (non-hydrogen) atoms. The molecule has 3 aromatic carbocycles. The molecule has 4 aromatic rings. The van der Waals surface area contributed by atoms with Crippen molar-refractivity contribution in [2.45, 2.75) is 26.3 Å². The number of hydrogen-bond donors (Lipinski definition) is 1. The summed E-state index contributed by atoms with van der Waals surface area (Å²) in [5.41, 5.74) is 4.40. The third-order valence-electron chi connectivity index (χ3n) is 6.35. The van der Waals surface area contributed by atoms with Crippen LogP contribution in [0, 0.1) is 5.92 Å². The van der Waals surface area contributed by atoms with Crippen LogP contribution in [-0.4, -0.2) is 39.3 Å². The maximum atomic E-state index is 11.1. The molecule has 0 atom stereocenters. The van der Waals surface area contributed by atoms with E-state index < -0.39 is 5.97 Å². The van der Waals surface area contributed by atoms with Crippen LogP contribution in [-0.2, 0) is 11.3 Å². The Morgan fingerprint density at radius 2 is 1.76 bits per heavy atom. The number of carbonyl (C=O) groups is 1. The molecule has 0 aliphatic carbocycles. The lowest BCUT2D eigenvalue weighted by molar-refractivity contribution is -0.147. The maximum absolute atomic E-state index is 11.1. The van der Waals surface area contributed by atoms with Gasteiger partial charge in [-0.05, 0) is 40.0 Å². The number of aromatic nitrogens is 2. The number of fused-ring (bicyclic) bond motifs is 1. The van der Waals surface area contributed by atoms with Gasteiger partial charge in [-0.25, -0.2) is 0 Å². The highest BCUT2D eigenvalue weighted by Gasteiger charge is 2.32. The second kappa shape index (κ2) is 9.61. The molecule has 172 valence electrons. The Kier molecular flexibility index (Phi) is 6.23. The number of benzene rings is 3. The zero-order valence-electron chi connectivity index (χ0n) is 19.1. The second-order valence-corrected chi connectivity index (χ2v) is 8.78. The molecule has 0 amide bonds. The van der Waals surface area contributed by atoms with Crippen LogP contribution in [0.5, 0.6) is 0 Å². The summed E-state index contributed by atoms with van der Waals surface area (Å²) in [4.78, 5) is 13.3. The van der Waals surface area contributed by atoms with E-state index in [4.69, 9.17) is 9.52 Å². The minimum Gasteiger partial charge on any atom is -0.481 e. The molecular formula is C28H27N3O3. The minimum atomic E-state index is -0.716. The third kappa shape index (κ3) is 4.50. The van der Waals surface area contributed by atoms with E-state index in [1.54, 1.807) is 0 Å². The van der Waals surface area contributed by atoms with Gasteiger partial charge in [-0.3, -0.25) is 9.69 Å². The Labute approximate surface area is 198 Å². The van der Waals surface area contributed by atoms with Gasteiger partial charge in [-0.2, -0.15) is 0 Å². The van der Waals surface area contributed by atoms with Crippen LogP contribution in [0.15, 0.2) is 71.1 Å². The molecule has 1 aromatic heterocycles. The lowest BCUT2D eigenvalue weighted by atomic mass is 9.96. The number of carboxylic acids is 1. The van der Waals surface area contributed by atoms with Gasteiger partial charge in [0, 0.05) is 31.3 Å². The number of rotatable bonds is 8. The Hall–Kier alpha value is -3.77. The van der Waals surface area contributed by atoms with Crippen LogP contribution >= 0.6 is 0 Å². The molecule has 0 saturated carbocycles. The van der Waals surface area contributed by atoms with Crippen LogP contribution in [0.1, 0.15) is 36.8 Å². The largest absolute Gasteiger partial charge is 0.481 e. The van der Waals surface area contributed by atoms with Gasteiger partial charge in [0.15, 0.2) is 0 Å². The van der Waals surface area contributed by atoms with Gasteiger partial charge < -0.3 is 9.52 Å². The summed E-state index contributed by atoms with van der Waals surface area (Å²) in [7, 11) is 0. The van der Waals surface area contributed by atoms with Gasteiger partial charge in [0.05, 0.1) is 5.92 Å². The molecule has 6 nitrogen and oxygen atoms in total. The minimum absolute atomic E-state index is 0.260. The van der Waals surface area contributed by atoms with Crippen molar-refractivity contribution < 1.29 is 14.3 Å². The second-order valence-electron chi connectivity index (χ2n) is 8.78. The third-order valence-corrected chi connectivity index (χ3v) is 6.35. The molecule has 5 rings (SSSR count). The molecule has 1 aliphatic rings. The summed E-state index contributed by atoms with van der Waals surface area (Å²) in [6, 6.07) is 22.6. The van der Waals surface area contributed by atoms with Gasteiger partial charge in [-0.15, -0.1) is 10.2 Å². The van der Waals surface area contributed by atoms with Crippen molar-refractivity contribution in [2.24, 2.45) is 5.92 Å². The number of allylic oxidation sites excluding steroid dienone is 1. The monoisotopic (exact) mass is 453 g/mol. The van der Waals surface area contributed by atoms with Crippen molar-refractivity contribution in [3.8, 4) is 11.5 Å². The van der Waals surface area contributed by atoms with Gasteiger partial charge in [0.2, 0.25) is 11.8 Å². The van der Waals surface area contributed by atoms with E-state index >= 15 is 0 Å². The predicted molar refractivity (Wildman–Crippen MR) is 133 cm³/mol. The van der Waals surface area contributed by atoms with E-state index in [0.717, 1.165) is 46.8 Å². The summed E-state index contributed by atoms with van der Waals surface area (Å²) in [6.45, 7) is 4.06. The van der Waals surface area contributed by atoms with Crippen LogP contribution < -0.4 is 0 Å². The first-order valence-electron chi connectivity index (χ1n) is 11.7. The van der Waals surface area contributed by atoms with Crippen molar-refractivity contribution in [3.05, 3.63) is 83.7 Å². The average molecular weight is 454 g/mol. The average Bonchev–Trinajstić information content (AvgIpc) is 3.29. The van der Waals surface area contributed by atoms with Gasteiger partial charge in [0.25, 0.3) is 0 Å². The number of nitrogens with zero attached hydrogens (tertiary/aromatic N) is 3. The van der Waals surface area contributed by atoms with Gasteiger partial charge >= 0.3 is 5.97 Å². The van der Waals surface area contributed by atoms with Crippen molar-refractivity contribution in [1.29, 1.82) is 0 Å². The van der Waals surface area contributed by atoms with E-state index in [2.05, 4.69) is 52.4 Å². The molecular weight excluding hydrogens is 426 g/mol. The molecule has 0 radical (unpaired) electrons. The highest BCUT2D eigenvalue weighted by atomic mass is 16.4.